The average Bonchev–Trinajstić information content (AvgIpc) is 2.48. The molecule has 0 spiro atoms. The first-order valence-electron chi connectivity index (χ1n) is 4.66. The van der Waals surface area contributed by atoms with Crippen molar-refractivity contribution < 1.29 is 9.90 Å². The van der Waals surface area contributed by atoms with E-state index in [-0.39, 0.29) is 6.42 Å². The summed E-state index contributed by atoms with van der Waals surface area (Å²) in [5.74, 6) is -0.744. The van der Waals surface area contributed by atoms with Crippen LogP contribution in [0, 0.1) is 0 Å². The topological polar surface area (TPSA) is 42.2 Å². The molecule has 2 rings (SSSR count). The van der Waals surface area contributed by atoms with Crippen molar-refractivity contribution in [3.63, 3.8) is 0 Å². The average molecular weight is 179 g/mol. The van der Waals surface area contributed by atoms with Crippen LogP contribution in [0.25, 0.3) is 0 Å². The molecule has 3 heteroatoms. The van der Waals surface area contributed by atoms with E-state index in [9.17, 15) is 4.79 Å². The standard InChI is InChI=1S/C10H13NO2/c12-10(13)7-9-5-4-8-3-1-2-6-11(8)9/h4-5H,1-3,6-7H2,(H,12,13). The predicted octanol–water partition coefficient (Wildman–Crippen LogP) is 1.45. The van der Waals surface area contributed by atoms with Crippen molar-refractivity contribution >= 4 is 5.97 Å². The molecule has 0 saturated carbocycles. The summed E-state index contributed by atoms with van der Waals surface area (Å²) in [6.07, 6.45) is 3.66. The number of carboxylic acid groups (broad SMARTS) is 1. The third-order valence-electron chi connectivity index (χ3n) is 2.56. The largest absolute Gasteiger partial charge is 0.481 e. The number of carboxylic acids is 1. The fourth-order valence-corrected chi connectivity index (χ4v) is 1.95. The second-order valence-electron chi connectivity index (χ2n) is 3.50. The van der Waals surface area contributed by atoms with E-state index in [2.05, 4.69) is 10.6 Å². The Morgan fingerprint density at radius 3 is 3.08 bits per heavy atom. The van der Waals surface area contributed by atoms with Gasteiger partial charge in [-0.05, 0) is 31.4 Å². The second kappa shape index (κ2) is 3.24. The highest BCUT2D eigenvalue weighted by Crippen LogP contribution is 2.18. The number of rotatable bonds is 2. The fraction of sp³-hybridized carbons (Fsp3) is 0.500. The van der Waals surface area contributed by atoms with E-state index in [4.69, 9.17) is 5.11 Å². The number of aliphatic carboxylic acids is 1. The molecular weight excluding hydrogens is 166 g/mol. The number of carbonyl (C=O) groups is 1. The van der Waals surface area contributed by atoms with Crippen LogP contribution < -0.4 is 0 Å². The lowest BCUT2D eigenvalue weighted by Crippen LogP contribution is -2.14. The highest BCUT2D eigenvalue weighted by molar-refractivity contribution is 5.69. The normalized spacial score (nSPS) is 15.4. The molecule has 0 amide bonds. The zero-order valence-electron chi connectivity index (χ0n) is 7.49. The summed E-state index contributed by atoms with van der Waals surface area (Å²) in [6.45, 7) is 0.991. The highest BCUT2D eigenvalue weighted by atomic mass is 16.4. The first-order valence-corrected chi connectivity index (χ1v) is 4.66. The lowest BCUT2D eigenvalue weighted by Gasteiger charge is -2.17. The minimum Gasteiger partial charge on any atom is -0.481 e. The van der Waals surface area contributed by atoms with Gasteiger partial charge in [0.1, 0.15) is 0 Å². The number of aromatic nitrogens is 1. The van der Waals surface area contributed by atoms with Crippen LogP contribution in [-0.4, -0.2) is 15.6 Å². The first-order chi connectivity index (χ1) is 6.27. The number of hydrogen-bond donors (Lipinski definition) is 1. The van der Waals surface area contributed by atoms with Crippen LogP contribution >= 0.6 is 0 Å². The van der Waals surface area contributed by atoms with E-state index in [1.807, 2.05) is 6.07 Å². The Bertz CT molecular complexity index is 328. The predicted molar refractivity (Wildman–Crippen MR) is 48.7 cm³/mol. The van der Waals surface area contributed by atoms with Gasteiger partial charge in [0.05, 0.1) is 6.42 Å². The monoisotopic (exact) mass is 179 g/mol. The minimum absolute atomic E-state index is 0.153. The SMILES string of the molecule is O=C(O)Cc1ccc2n1CCCC2. The van der Waals surface area contributed by atoms with Crippen LogP contribution in [0.2, 0.25) is 0 Å². The molecule has 0 atom stereocenters. The molecule has 1 aliphatic rings. The maximum Gasteiger partial charge on any atom is 0.309 e. The Kier molecular flexibility index (Phi) is 2.08. The van der Waals surface area contributed by atoms with Gasteiger partial charge in [-0.25, -0.2) is 0 Å². The zero-order chi connectivity index (χ0) is 9.26. The molecule has 70 valence electrons. The van der Waals surface area contributed by atoms with Gasteiger partial charge in [0, 0.05) is 17.9 Å². The molecular formula is C10H13NO2. The van der Waals surface area contributed by atoms with Crippen molar-refractivity contribution in [2.45, 2.75) is 32.2 Å². The molecule has 0 aliphatic carbocycles. The number of hydrogen-bond acceptors (Lipinski definition) is 1. The molecule has 1 aromatic heterocycles. The number of aryl methyl sites for hydroxylation is 1. The number of nitrogens with zero attached hydrogens (tertiary/aromatic N) is 1. The first kappa shape index (κ1) is 8.35. The lowest BCUT2D eigenvalue weighted by molar-refractivity contribution is -0.136. The summed E-state index contributed by atoms with van der Waals surface area (Å²) in [5, 5.41) is 8.67. The van der Waals surface area contributed by atoms with Gasteiger partial charge in [-0.15, -0.1) is 0 Å². The molecule has 0 fully saturated rings. The van der Waals surface area contributed by atoms with Gasteiger partial charge in [-0.2, -0.15) is 0 Å². The van der Waals surface area contributed by atoms with Gasteiger partial charge in [0.2, 0.25) is 0 Å². The van der Waals surface area contributed by atoms with E-state index >= 15 is 0 Å². The van der Waals surface area contributed by atoms with Crippen molar-refractivity contribution in [2.75, 3.05) is 0 Å². The van der Waals surface area contributed by atoms with E-state index in [0.29, 0.717) is 0 Å². The third-order valence-corrected chi connectivity index (χ3v) is 2.56. The minimum atomic E-state index is -0.744. The molecule has 0 saturated heterocycles. The van der Waals surface area contributed by atoms with E-state index in [1.54, 1.807) is 0 Å². The summed E-state index contributed by atoms with van der Waals surface area (Å²) in [5.41, 5.74) is 2.24. The zero-order valence-corrected chi connectivity index (χ0v) is 7.49. The van der Waals surface area contributed by atoms with Crippen molar-refractivity contribution in [3.8, 4) is 0 Å². The fourth-order valence-electron chi connectivity index (χ4n) is 1.95. The van der Waals surface area contributed by atoms with Gasteiger partial charge < -0.3 is 9.67 Å². The van der Waals surface area contributed by atoms with Gasteiger partial charge in [0.15, 0.2) is 0 Å². The van der Waals surface area contributed by atoms with Gasteiger partial charge in [0.25, 0.3) is 0 Å². The van der Waals surface area contributed by atoms with Crippen LogP contribution in [0.4, 0.5) is 0 Å². The summed E-state index contributed by atoms with van der Waals surface area (Å²) in [7, 11) is 0. The Balaban J connectivity index is 2.26. The van der Waals surface area contributed by atoms with Crippen LogP contribution in [0.15, 0.2) is 12.1 Å². The van der Waals surface area contributed by atoms with Crippen LogP contribution in [0.1, 0.15) is 24.2 Å². The van der Waals surface area contributed by atoms with Crippen molar-refractivity contribution in [1.82, 2.24) is 4.57 Å². The van der Waals surface area contributed by atoms with Crippen molar-refractivity contribution in [3.05, 3.63) is 23.5 Å². The van der Waals surface area contributed by atoms with Crippen molar-refractivity contribution in [1.29, 1.82) is 0 Å². The molecule has 13 heavy (non-hydrogen) atoms. The lowest BCUT2D eigenvalue weighted by atomic mass is 10.1. The third kappa shape index (κ3) is 1.59. The van der Waals surface area contributed by atoms with E-state index in [1.165, 1.54) is 18.5 Å². The summed E-state index contributed by atoms with van der Waals surface area (Å²) in [4.78, 5) is 10.5. The molecule has 1 N–H and O–H groups in total. The molecule has 0 bridgehead atoms. The Morgan fingerprint density at radius 1 is 1.46 bits per heavy atom. The Morgan fingerprint density at radius 2 is 2.31 bits per heavy atom. The molecule has 1 aliphatic heterocycles. The summed E-state index contributed by atoms with van der Waals surface area (Å²) < 4.78 is 2.15. The highest BCUT2D eigenvalue weighted by Gasteiger charge is 2.13. The smallest absolute Gasteiger partial charge is 0.309 e. The summed E-state index contributed by atoms with van der Waals surface area (Å²) >= 11 is 0. The number of fused-ring (bicyclic) bond motifs is 1. The van der Waals surface area contributed by atoms with Crippen LogP contribution in [0.3, 0.4) is 0 Å². The summed E-state index contributed by atoms with van der Waals surface area (Å²) in [6, 6.07) is 3.99. The Hall–Kier alpha value is -1.25. The van der Waals surface area contributed by atoms with Gasteiger partial charge in [-0.1, -0.05) is 0 Å². The van der Waals surface area contributed by atoms with Crippen LogP contribution in [0.5, 0.6) is 0 Å². The second-order valence-corrected chi connectivity index (χ2v) is 3.50. The molecule has 0 aromatic carbocycles. The van der Waals surface area contributed by atoms with Crippen molar-refractivity contribution in [2.24, 2.45) is 0 Å². The van der Waals surface area contributed by atoms with E-state index in [0.717, 1.165) is 18.7 Å². The molecule has 3 nitrogen and oxygen atoms in total. The van der Waals surface area contributed by atoms with Gasteiger partial charge >= 0.3 is 5.97 Å². The quantitative estimate of drug-likeness (QED) is 0.746. The molecule has 2 heterocycles. The van der Waals surface area contributed by atoms with Crippen LogP contribution in [-0.2, 0) is 24.2 Å². The maximum absolute atomic E-state index is 10.5. The maximum atomic E-state index is 10.5. The van der Waals surface area contributed by atoms with Gasteiger partial charge in [-0.3, -0.25) is 4.79 Å². The van der Waals surface area contributed by atoms with E-state index < -0.39 is 5.97 Å². The Labute approximate surface area is 77.0 Å². The molecule has 1 aromatic rings. The molecule has 0 radical (unpaired) electrons. The molecule has 0 unspecified atom stereocenters.